The number of hydrogen-bond donors (Lipinski definition) is 2. The highest BCUT2D eigenvalue weighted by Crippen LogP contribution is 2.18. The number of carboxylic acids is 1. The molecule has 296 valence electrons. The van der Waals surface area contributed by atoms with Crippen molar-refractivity contribution in [3.05, 3.63) is 72.9 Å². The van der Waals surface area contributed by atoms with Crippen LogP contribution < -0.4 is 5.32 Å². The van der Waals surface area contributed by atoms with Crippen molar-refractivity contribution in [3.63, 3.8) is 0 Å². The molecule has 1 amide bonds. The van der Waals surface area contributed by atoms with Gasteiger partial charge in [0.25, 0.3) is 0 Å². The van der Waals surface area contributed by atoms with E-state index in [2.05, 4.69) is 92.1 Å². The third-order valence-corrected chi connectivity index (χ3v) is 8.89. The molecule has 0 saturated carbocycles. The third-order valence-electron chi connectivity index (χ3n) is 8.89. The summed E-state index contributed by atoms with van der Waals surface area (Å²) in [6.45, 7) is 4.08. The maximum absolute atomic E-state index is 12.7. The van der Waals surface area contributed by atoms with Gasteiger partial charge in [0.2, 0.25) is 5.91 Å². The summed E-state index contributed by atoms with van der Waals surface area (Å²) in [4.78, 5) is 34.9. The van der Waals surface area contributed by atoms with Gasteiger partial charge in [0.1, 0.15) is 12.6 Å². The SMILES string of the molecule is CC/C=C\C/C=C\C/C=C\C/C=C\C/C=C\C/C=C\CCCCCCC(=O)OC(CCCCCCCCC)CCCCCCCC(=O)NCC(=O)O. The topological polar surface area (TPSA) is 92.7 Å². The van der Waals surface area contributed by atoms with Crippen LogP contribution in [0.25, 0.3) is 0 Å². The lowest BCUT2D eigenvalue weighted by molar-refractivity contribution is -0.150. The predicted molar refractivity (Wildman–Crippen MR) is 221 cm³/mol. The lowest BCUT2D eigenvalue weighted by atomic mass is 10.0. The first-order valence-electron chi connectivity index (χ1n) is 21.1. The zero-order valence-electron chi connectivity index (χ0n) is 33.4. The fourth-order valence-corrected chi connectivity index (χ4v) is 5.81. The number of hydrogen-bond acceptors (Lipinski definition) is 4. The largest absolute Gasteiger partial charge is 0.480 e. The zero-order valence-corrected chi connectivity index (χ0v) is 33.4. The highest BCUT2D eigenvalue weighted by Gasteiger charge is 2.14. The summed E-state index contributed by atoms with van der Waals surface area (Å²) in [6, 6.07) is 0. The van der Waals surface area contributed by atoms with Crippen LogP contribution in [0.2, 0.25) is 0 Å². The zero-order chi connectivity index (χ0) is 38.0. The van der Waals surface area contributed by atoms with Crippen molar-refractivity contribution < 1.29 is 24.2 Å². The molecule has 1 unspecified atom stereocenters. The van der Waals surface area contributed by atoms with E-state index in [1.807, 2.05) is 0 Å². The van der Waals surface area contributed by atoms with Crippen molar-refractivity contribution in [2.24, 2.45) is 0 Å². The third kappa shape index (κ3) is 39.6. The van der Waals surface area contributed by atoms with Crippen molar-refractivity contribution in [2.45, 2.75) is 193 Å². The van der Waals surface area contributed by atoms with Gasteiger partial charge in [-0.25, -0.2) is 0 Å². The van der Waals surface area contributed by atoms with E-state index in [1.54, 1.807) is 0 Å². The van der Waals surface area contributed by atoms with E-state index in [1.165, 1.54) is 38.5 Å². The van der Waals surface area contributed by atoms with E-state index >= 15 is 0 Å². The maximum Gasteiger partial charge on any atom is 0.322 e. The molecule has 1 atom stereocenters. The summed E-state index contributed by atoms with van der Waals surface area (Å²) in [7, 11) is 0. The molecule has 0 aliphatic carbocycles. The summed E-state index contributed by atoms with van der Waals surface area (Å²) in [6.07, 6.45) is 54.6. The van der Waals surface area contributed by atoms with Crippen LogP contribution in [0, 0.1) is 0 Å². The quantitative estimate of drug-likeness (QED) is 0.0378. The molecule has 0 aromatic rings. The fourth-order valence-electron chi connectivity index (χ4n) is 5.81. The minimum Gasteiger partial charge on any atom is -0.480 e. The summed E-state index contributed by atoms with van der Waals surface area (Å²) in [5.41, 5.74) is 0. The van der Waals surface area contributed by atoms with E-state index in [-0.39, 0.29) is 24.5 Å². The van der Waals surface area contributed by atoms with Crippen LogP contribution in [0.4, 0.5) is 0 Å². The van der Waals surface area contributed by atoms with Crippen molar-refractivity contribution in [3.8, 4) is 0 Å². The number of aliphatic carboxylic acids is 1. The van der Waals surface area contributed by atoms with Gasteiger partial charge >= 0.3 is 11.9 Å². The van der Waals surface area contributed by atoms with Crippen LogP contribution in [0.1, 0.15) is 187 Å². The number of ether oxygens (including phenoxy) is 1. The molecule has 0 aliphatic rings. The van der Waals surface area contributed by atoms with Crippen LogP contribution in [0.15, 0.2) is 72.9 Å². The van der Waals surface area contributed by atoms with Crippen LogP contribution in [-0.2, 0) is 19.1 Å². The van der Waals surface area contributed by atoms with Gasteiger partial charge in [-0.1, -0.05) is 157 Å². The van der Waals surface area contributed by atoms with Crippen molar-refractivity contribution in [1.82, 2.24) is 5.32 Å². The number of carboxylic acid groups (broad SMARTS) is 1. The summed E-state index contributed by atoms with van der Waals surface area (Å²) in [5.74, 6) is -1.26. The first-order chi connectivity index (χ1) is 25.5. The van der Waals surface area contributed by atoms with E-state index in [0.29, 0.717) is 12.8 Å². The van der Waals surface area contributed by atoms with Crippen LogP contribution in [0.3, 0.4) is 0 Å². The van der Waals surface area contributed by atoms with E-state index in [0.717, 1.165) is 122 Å². The number of esters is 1. The second-order valence-corrected chi connectivity index (χ2v) is 13.9. The van der Waals surface area contributed by atoms with Gasteiger partial charge in [0, 0.05) is 12.8 Å². The molecule has 0 bridgehead atoms. The van der Waals surface area contributed by atoms with E-state index in [4.69, 9.17) is 9.84 Å². The average Bonchev–Trinajstić information content (AvgIpc) is 3.13. The molecule has 0 heterocycles. The van der Waals surface area contributed by atoms with Gasteiger partial charge in [0.05, 0.1) is 0 Å². The predicted octanol–water partition coefficient (Wildman–Crippen LogP) is 13.0. The van der Waals surface area contributed by atoms with Gasteiger partial charge in [0.15, 0.2) is 0 Å². The van der Waals surface area contributed by atoms with Gasteiger partial charge in [-0.05, 0) is 89.9 Å². The molecule has 0 spiro atoms. The van der Waals surface area contributed by atoms with Gasteiger partial charge < -0.3 is 15.2 Å². The molecule has 52 heavy (non-hydrogen) atoms. The molecule has 0 aliphatic heterocycles. The number of carbonyl (C=O) groups excluding carboxylic acids is 2. The van der Waals surface area contributed by atoms with Gasteiger partial charge in [-0.15, -0.1) is 0 Å². The molecule has 0 aromatic carbocycles. The molecule has 2 N–H and O–H groups in total. The van der Waals surface area contributed by atoms with Crippen molar-refractivity contribution in [1.29, 1.82) is 0 Å². The Morgan fingerprint density at radius 3 is 1.44 bits per heavy atom. The normalized spacial score (nSPS) is 12.8. The number of carbonyl (C=O) groups is 3. The molecule has 0 aromatic heterocycles. The minimum atomic E-state index is -1.02. The Morgan fingerprint density at radius 1 is 0.519 bits per heavy atom. The van der Waals surface area contributed by atoms with Crippen LogP contribution >= 0.6 is 0 Å². The monoisotopic (exact) mass is 724 g/mol. The fraction of sp³-hybridized carbons (Fsp3) is 0.674. The molecule has 6 heteroatoms. The molecule has 6 nitrogen and oxygen atoms in total. The second kappa shape index (κ2) is 40.6. The highest BCUT2D eigenvalue weighted by atomic mass is 16.5. The number of allylic oxidation sites excluding steroid dienone is 12. The lowest BCUT2D eigenvalue weighted by Gasteiger charge is -2.18. The summed E-state index contributed by atoms with van der Waals surface area (Å²) in [5, 5.41) is 11.1. The molecule has 0 radical (unpaired) electrons. The minimum absolute atomic E-state index is 0.0121. The van der Waals surface area contributed by atoms with E-state index < -0.39 is 5.97 Å². The second-order valence-electron chi connectivity index (χ2n) is 13.9. The number of nitrogens with one attached hydrogen (secondary N) is 1. The first-order valence-corrected chi connectivity index (χ1v) is 21.1. The lowest BCUT2D eigenvalue weighted by Crippen LogP contribution is -2.28. The van der Waals surface area contributed by atoms with Crippen LogP contribution in [0.5, 0.6) is 0 Å². The van der Waals surface area contributed by atoms with Crippen molar-refractivity contribution in [2.75, 3.05) is 6.54 Å². The maximum atomic E-state index is 12.7. The Labute approximate surface area is 319 Å². The Kier molecular flexibility index (Phi) is 38.2. The number of amides is 1. The number of rotatable bonds is 37. The molecular formula is C46H77NO5. The van der Waals surface area contributed by atoms with Gasteiger partial charge in [-0.3, -0.25) is 14.4 Å². The number of unbranched alkanes of at least 4 members (excludes halogenated alkanes) is 14. The Hall–Kier alpha value is -3.15. The van der Waals surface area contributed by atoms with Crippen molar-refractivity contribution >= 4 is 17.8 Å². The Bertz CT molecular complexity index is 1020. The highest BCUT2D eigenvalue weighted by molar-refractivity contribution is 5.80. The van der Waals surface area contributed by atoms with Crippen LogP contribution in [-0.4, -0.2) is 35.6 Å². The summed E-state index contributed by atoms with van der Waals surface area (Å²) >= 11 is 0. The molecular weight excluding hydrogens is 647 g/mol. The first kappa shape index (κ1) is 48.9. The molecule has 0 rings (SSSR count). The average molecular weight is 724 g/mol. The molecule has 0 fully saturated rings. The Morgan fingerprint density at radius 2 is 0.942 bits per heavy atom. The van der Waals surface area contributed by atoms with E-state index in [9.17, 15) is 14.4 Å². The molecule has 0 saturated heterocycles. The Balaban J connectivity index is 4.06. The van der Waals surface area contributed by atoms with Gasteiger partial charge in [-0.2, -0.15) is 0 Å². The smallest absolute Gasteiger partial charge is 0.322 e. The standard InChI is InChI=1S/C46H77NO5/c1-3-5-7-9-11-12-13-14-15-16-17-18-19-20-21-22-23-24-25-26-28-33-37-41-46(51)52-43(38-34-30-27-10-8-6-4-2)39-35-31-29-32-36-40-44(48)47-42-45(49)50/h5,7,11-12,14-15,17-18,20-21,23-24,43H,3-4,6,8-10,13,16,19,22,25-42H2,1-2H3,(H,47,48)(H,49,50)/b7-5-,12-11-,15-14-,18-17-,21-20-,24-23-. The summed E-state index contributed by atoms with van der Waals surface area (Å²) < 4.78 is 5.98.